The van der Waals surface area contributed by atoms with Crippen LogP contribution in [0, 0.1) is 18.3 Å². The number of rotatable bonds is 4. The first-order valence-electron chi connectivity index (χ1n) is 5.20. The number of terminal acetylenes is 1. The number of nitrogens with two attached hydrogens (primary N) is 1. The van der Waals surface area contributed by atoms with Crippen LogP contribution in [0.4, 0.5) is 0 Å². The molecule has 2 unspecified atom stereocenters. The second-order valence-electron chi connectivity index (χ2n) is 3.87. The number of nitrogens with one attached hydrogen (secondary N) is 1. The van der Waals surface area contributed by atoms with Gasteiger partial charge in [0.2, 0.25) is 5.91 Å². The zero-order valence-corrected chi connectivity index (χ0v) is 8.46. The normalized spacial score (nSPS) is 25.7. The van der Waals surface area contributed by atoms with Gasteiger partial charge in [0.1, 0.15) is 0 Å². The van der Waals surface area contributed by atoms with Crippen LogP contribution in [0.5, 0.6) is 0 Å². The largest absolute Gasteiger partial charge is 0.356 e. The van der Waals surface area contributed by atoms with Crippen molar-refractivity contribution >= 4 is 5.91 Å². The van der Waals surface area contributed by atoms with Gasteiger partial charge < -0.3 is 11.1 Å². The standard InChI is InChI=1S/C11H18N2O/c1-2-3-4-7-13-11(14)9-5-6-10(12)8-9/h1,9-10H,3-8,12H2,(H,13,14). The van der Waals surface area contributed by atoms with E-state index in [0.717, 1.165) is 32.1 Å². The van der Waals surface area contributed by atoms with E-state index in [1.54, 1.807) is 0 Å². The molecule has 3 N–H and O–H groups in total. The smallest absolute Gasteiger partial charge is 0.223 e. The summed E-state index contributed by atoms with van der Waals surface area (Å²) >= 11 is 0. The lowest BCUT2D eigenvalue weighted by molar-refractivity contribution is -0.124. The molecule has 1 fully saturated rings. The maximum absolute atomic E-state index is 11.5. The van der Waals surface area contributed by atoms with Gasteiger partial charge in [0.25, 0.3) is 0 Å². The zero-order valence-electron chi connectivity index (χ0n) is 8.46. The van der Waals surface area contributed by atoms with Crippen molar-refractivity contribution in [2.24, 2.45) is 11.7 Å². The summed E-state index contributed by atoms with van der Waals surface area (Å²) in [5.74, 6) is 2.83. The maximum atomic E-state index is 11.5. The first-order valence-corrected chi connectivity index (χ1v) is 5.20. The Labute approximate surface area is 85.4 Å². The van der Waals surface area contributed by atoms with Crippen LogP contribution in [0.2, 0.25) is 0 Å². The third-order valence-corrected chi connectivity index (χ3v) is 2.64. The third-order valence-electron chi connectivity index (χ3n) is 2.64. The summed E-state index contributed by atoms with van der Waals surface area (Å²) in [6, 6.07) is 0.219. The minimum atomic E-state index is 0.135. The average Bonchev–Trinajstić information content (AvgIpc) is 2.59. The van der Waals surface area contributed by atoms with Crippen molar-refractivity contribution in [1.82, 2.24) is 5.32 Å². The lowest BCUT2D eigenvalue weighted by Crippen LogP contribution is -2.31. The Morgan fingerprint density at radius 1 is 1.57 bits per heavy atom. The van der Waals surface area contributed by atoms with E-state index in [2.05, 4.69) is 11.2 Å². The van der Waals surface area contributed by atoms with Crippen molar-refractivity contribution in [1.29, 1.82) is 0 Å². The predicted molar refractivity (Wildman–Crippen MR) is 56.4 cm³/mol. The molecule has 3 heteroatoms. The van der Waals surface area contributed by atoms with Gasteiger partial charge in [0.15, 0.2) is 0 Å². The molecule has 1 aliphatic rings. The molecule has 1 rings (SSSR count). The van der Waals surface area contributed by atoms with Gasteiger partial charge in [-0.2, -0.15) is 0 Å². The lowest BCUT2D eigenvalue weighted by atomic mass is 10.1. The van der Waals surface area contributed by atoms with E-state index in [-0.39, 0.29) is 17.9 Å². The van der Waals surface area contributed by atoms with E-state index in [1.807, 2.05) is 0 Å². The van der Waals surface area contributed by atoms with Crippen LogP contribution < -0.4 is 11.1 Å². The monoisotopic (exact) mass is 194 g/mol. The molecule has 3 nitrogen and oxygen atoms in total. The molecule has 0 heterocycles. The van der Waals surface area contributed by atoms with Crippen molar-refractivity contribution in [3.63, 3.8) is 0 Å². The summed E-state index contributed by atoms with van der Waals surface area (Å²) < 4.78 is 0. The van der Waals surface area contributed by atoms with Crippen molar-refractivity contribution in [3.05, 3.63) is 0 Å². The summed E-state index contributed by atoms with van der Waals surface area (Å²) in [6.07, 6.45) is 9.44. The molecule has 78 valence electrons. The molecule has 1 amide bonds. The Kier molecular flexibility index (Phi) is 4.48. The van der Waals surface area contributed by atoms with Gasteiger partial charge in [-0.3, -0.25) is 4.79 Å². The topological polar surface area (TPSA) is 55.1 Å². The zero-order chi connectivity index (χ0) is 10.4. The maximum Gasteiger partial charge on any atom is 0.223 e. The summed E-state index contributed by atoms with van der Waals surface area (Å²) in [5, 5.41) is 2.89. The van der Waals surface area contributed by atoms with E-state index < -0.39 is 0 Å². The van der Waals surface area contributed by atoms with Gasteiger partial charge in [0.05, 0.1) is 0 Å². The average molecular weight is 194 g/mol. The summed E-state index contributed by atoms with van der Waals surface area (Å²) in [7, 11) is 0. The Morgan fingerprint density at radius 2 is 2.36 bits per heavy atom. The van der Waals surface area contributed by atoms with Crippen molar-refractivity contribution in [2.45, 2.75) is 38.1 Å². The van der Waals surface area contributed by atoms with Crippen LogP contribution in [0.25, 0.3) is 0 Å². The van der Waals surface area contributed by atoms with Crippen molar-refractivity contribution in [3.8, 4) is 12.3 Å². The van der Waals surface area contributed by atoms with Crippen molar-refractivity contribution < 1.29 is 4.79 Å². The van der Waals surface area contributed by atoms with Gasteiger partial charge >= 0.3 is 0 Å². The van der Waals surface area contributed by atoms with E-state index in [0.29, 0.717) is 6.54 Å². The Hall–Kier alpha value is -1.01. The predicted octanol–water partition coefficient (Wildman–Crippen LogP) is 0.643. The van der Waals surface area contributed by atoms with Gasteiger partial charge in [-0.15, -0.1) is 12.3 Å². The Bertz CT molecular complexity index is 232. The fraction of sp³-hybridized carbons (Fsp3) is 0.727. The van der Waals surface area contributed by atoms with E-state index in [4.69, 9.17) is 12.2 Å². The van der Waals surface area contributed by atoms with Crippen LogP contribution in [-0.2, 0) is 4.79 Å². The molecule has 0 aromatic rings. The molecule has 0 saturated heterocycles. The molecular formula is C11H18N2O. The minimum absolute atomic E-state index is 0.135. The number of carbonyl (C=O) groups is 1. The fourth-order valence-electron chi connectivity index (χ4n) is 1.80. The van der Waals surface area contributed by atoms with E-state index in [9.17, 15) is 4.79 Å². The minimum Gasteiger partial charge on any atom is -0.356 e. The molecule has 0 radical (unpaired) electrons. The number of amides is 1. The molecular weight excluding hydrogens is 176 g/mol. The highest BCUT2D eigenvalue weighted by molar-refractivity contribution is 5.78. The highest BCUT2D eigenvalue weighted by Gasteiger charge is 2.27. The Morgan fingerprint density at radius 3 is 2.93 bits per heavy atom. The molecule has 0 aromatic carbocycles. The molecule has 14 heavy (non-hydrogen) atoms. The molecule has 1 saturated carbocycles. The quantitative estimate of drug-likeness (QED) is 0.510. The first kappa shape index (κ1) is 11.1. The van der Waals surface area contributed by atoms with Gasteiger partial charge in [-0.25, -0.2) is 0 Å². The van der Waals surface area contributed by atoms with Gasteiger partial charge in [-0.1, -0.05) is 0 Å². The number of hydrogen-bond donors (Lipinski definition) is 2. The van der Waals surface area contributed by atoms with Crippen LogP contribution in [0.3, 0.4) is 0 Å². The molecule has 0 bridgehead atoms. The lowest BCUT2D eigenvalue weighted by Gasteiger charge is -2.09. The fourth-order valence-corrected chi connectivity index (χ4v) is 1.80. The Balaban J connectivity index is 2.13. The van der Waals surface area contributed by atoms with Crippen LogP contribution in [0.1, 0.15) is 32.1 Å². The van der Waals surface area contributed by atoms with Crippen LogP contribution in [0.15, 0.2) is 0 Å². The SMILES string of the molecule is C#CCCCNC(=O)C1CCC(N)C1. The third kappa shape index (κ3) is 3.39. The molecule has 0 aromatic heterocycles. The first-order chi connectivity index (χ1) is 6.74. The summed E-state index contributed by atoms with van der Waals surface area (Å²) in [4.78, 5) is 11.5. The highest BCUT2D eigenvalue weighted by Crippen LogP contribution is 2.23. The van der Waals surface area contributed by atoms with Crippen LogP contribution in [-0.4, -0.2) is 18.5 Å². The molecule has 1 aliphatic carbocycles. The van der Waals surface area contributed by atoms with E-state index in [1.165, 1.54) is 0 Å². The highest BCUT2D eigenvalue weighted by atomic mass is 16.1. The summed E-state index contributed by atoms with van der Waals surface area (Å²) in [6.45, 7) is 0.689. The van der Waals surface area contributed by atoms with Crippen LogP contribution >= 0.6 is 0 Å². The molecule has 2 atom stereocenters. The number of carbonyl (C=O) groups excluding carboxylic acids is 1. The van der Waals surface area contributed by atoms with Crippen molar-refractivity contribution in [2.75, 3.05) is 6.54 Å². The number of hydrogen-bond acceptors (Lipinski definition) is 2. The second kappa shape index (κ2) is 5.66. The molecule has 0 spiro atoms. The second-order valence-corrected chi connectivity index (χ2v) is 3.87. The van der Waals surface area contributed by atoms with Gasteiger partial charge in [0, 0.05) is 24.9 Å². The number of unbranched alkanes of at least 4 members (excludes halogenated alkanes) is 1. The van der Waals surface area contributed by atoms with Gasteiger partial charge in [-0.05, 0) is 25.7 Å². The molecule has 0 aliphatic heterocycles. The van der Waals surface area contributed by atoms with E-state index >= 15 is 0 Å². The summed E-state index contributed by atoms with van der Waals surface area (Å²) in [5.41, 5.74) is 5.73.